The monoisotopic (exact) mass is 439 g/mol. The molecule has 0 aromatic heterocycles. The molecule has 0 aliphatic rings. The lowest BCUT2D eigenvalue weighted by Gasteiger charge is -2.16. The van der Waals surface area contributed by atoms with Gasteiger partial charge in [-0.05, 0) is 69.7 Å². The average Bonchev–Trinajstić information content (AvgIpc) is 2.65. The minimum atomic E-state index is -0.725. The third-order valence-corrected chi connectivity index (χ3v) is 3.29. The Kier molecular flexibility index (Phi) is 12.5. The Hall–Kier alpha value is -3.16. The van der Waals surface area contributed by atoms with Crippen molar-refractivity contribution in [2.75, 3.05) is 0 Å². The third-order valence-electron chi connectivity index (χ3n) is 3.29. The maximum atomic E-state index is 12.6. The number of hydrogen-bond acceptors (Lipinski definition) is 5. The van der Waals surface area contributed by atoms with Crippen LogP contribution in [-0.4, -0.2) is 28.9 Å². The van der Waals surface area contributed by atoms with E-state index in [1.54, 1.807) is 39.8 Å². The molecule has 172 valence electrons. The number of carbonyl (C=O) groups excluding carboxylic acids is 2. The lowest BCUT2D eigenvalue weighted by atomic mass is 10.1. The van der Waals surface area contributed by atoms with Crippen LogP contribution in [0.4, 0.5) is 13.6 Å². The summed E-state index contributed by atoms with van der Waals surface area (Å²) in [5.41, 5.74) is 5.23. The Morgan fingerprint density at radius 3 is 1.77 bits per heavy atom. The summed E-state index contributed by atoms with van der Waals surface area (Å²) in [6.07, 6.45) is 0.111. The molecule has 3 N–H and O–H groups in total. The standard InChI is InChI=1S/C12H15FO2.C6H5FO.C5H11NO2/c1-3-12(14)15-9(2)8-10-4-6-11(13)7-5-10;7-5-1-3-6(8)4-2-5;1-5(2,3)8-4(6)7/h4-7,9H,3,8H2,1-2H3;1-4,8H;1-3H3,(H2,6,7). The number of rotatable bonds is 4. The van der Waals surface area contributed by atoms with Gasteiger partial charge in [-0.25, -0.2) is 13.6 Å². The van der Waals surface area contributed by atoms with Crippen molar-refractivity contribution in [2.45, 2.75) is 59.2 Å². The van der Waals surface area contributed by atoms with Crippen LogP contribution in [0.5, 0.6) is 5.75 Å². The average molecular weight is 439 g/mol. The summed E-state index contributed by atoms with van der Waals surface area (Å²) in [4.78, 5) is 21.0. The largest absolute Gasteiger partial charge is 0.508 e. The van der Waals surface area contributed by atoms with E-state index < -0.39 is 11.7 Å². The number of hydrogen-bond donors (Lipinski definition) is 2. The molecule has 0 radical (unpaired) electrons. The van der Waals surface area contributed by atoms with Crippen LogP contribution >= 0.6 is 0 Å². The summed E-state index contributed by atoms with van der Waals surface area (Å²) < 4.78 is 34.3. The zero-order valence-corrected chi connectivity index (χ0v) is 18.5. The van der Waals surface area contributed by atoms with Gasteiger partial charge in [-0.1, -0.05) is 19.1 Å². The van der Waals surface area contributed by atoms with E-state index in [1.807, 2.05) is 6.92 Å². The fourth-order valence-electron chi connectivity index (χ4n) is 2.04. The third kappa shape index (κ3) is 16.3. The lowest BCUT2D eigenvalue weighted by Crippen LogP contribution is -2.27. The molecule has 0 aliphatic heterocycles. The van der Waals surface area contributed by atoms with Crippen LogP contribution in [0.2, 0.25) is 0 Å². The maximum absolute atomic E-state index is 12.6. The summed E-state index contributed by atoms with van der Waals surface area (Å²) in [5, 5.41) is 8.59. The predicted molar refractivity (Wildman–Crippen MR) is 114 cm³/mol. The topological polar surface area (TPSA) is 98.9 Å². The van der Waals surface area contributed by atoms with Crippen molar-refractivity contribution < 1.29 is 33.0 Å². The smallest absolute Gasteiger partial charge is 0.405 e. The Morgan fingerprint density at radius 1 is 1.00 bits per heavy atom. The number of phenolic OH excluding ortho intramolecular Hbond substituents is 1. The van der Waals surface area contributed by atoms with Gasteiger partial charge in [0.1, 0.15) is 29.1 Å². The molecule has 0 aliphatic carbocycles. The van der Waals surface area contributed by atoms with E-state index >= 15 is 0 Å². The molecule has 2 rings (SSSR count). The molecule has 0 heterocycles. The van der Waals surface area contributed by atoms with Crippen molar-refractivity contribution in [1.29, 1.82) is 0 Å². The van der Waals surface area contributed by atoms with Crippen molar-refractivity contribution in [3.05, 3.63) is 65.7 Å². The van der Waals surface area contributed by atoms with Crippen molar-refractivity contribution in [3.63, 3.8) is 0 Å². The Bertz CT molecular complexity index is 766. The number of amides is 1. The number of ether oxygens (including phenoxy) is 2. The van der Waals surface area contributed by atoms with E-state index in [1.165, 1.54) is 36.4 Å². The van der Waals surface area contributed by atoms with Crippen molar-refractivity contribution in [3.8, 4) is 5.75 Å². The van der Waals surface area contributed by atoms with Crippen molar-refractivity contribution in [1.82, 2.24) is 0 Å². The first-order valence-corrected chi connectivity index (χ1v) is 9.69. The van der Waals surface area contributed by atoms with Crippen LogP contribution in [0.1, 0.15) is 46.6 Å². The zero-order valence-electron chi connectivity index (χ0n) is 18.5. The number of benzene rings is 2. The highest BCUT2D eigenvalue weighted by Crippen LogP contribution is 2.08. The summed E-state index contributed by atoms with van der Waals surface area (Å²) >= 11 is 0. The molecule has 0 saturated carbocycles. The van der Waals surface area contributed by atoms with Gasteiger partial charge in [0.15, 0.2) is 0 Å². The van der Waals surface area contributed by atoms with Crippen LogP contribution in [0.15, 0.2) is 48.5 Å². The van der Waals surface area contributed by atoms with E-state index in [9.17, 15) is 18.4 Å². The summed E-state index contributed by atoms with van der Waals surface area (Å²) in [5.74, 6) is -0.698. The Balaban J connectivity index is 0.000000477. The predicted octanol–water partition coefficient (Wildman–Crippen LogP) is 5.12. The molecule has 0 spiro atoms. The van der Waals surface area contributed by atoms with Crippen LogP contribution in [0, 0.1) is 11.6 Å². The first-order chi connectivity index (χ1) is 14.3. The van der Waals surface area contributed by atoms with Gasteiger partial charge in [-0.3, -0.25) is 4.79 Å². The summed E-state index contributed by atoms with van der Waals surface area (Å²) in [6.45, 7) is 8.87. The molecule has 6 nitrogen and oxygen atoms in total. The zero-order chi connectivity index (χ0) is 24.0. The number of carbonyl (C=O) groups is 2. The fourth-order valence-corrected chi connectivity index (χ4v) is 2.04. The minimum absolute atomic E-state index is 0.0893. The highest BCUT2D eigenvalue weighted by molar-refractivity contribution is 5.69. The van der Waals surface area contributed by atoms with Crippen molar-refractivity contribution in [2.24, 2.45) is 5.73 Å². The quantitative estimate of drug-likeness (QED) is 0.644. The molecule has 0 bridgehead atoms. The van der Waals surface area contributed by atoms with Gasteiger partial charge in [0.2, 0.25) is 0 Å². The molecule has 2 aromatic rings. The molecule has 0 fully saturated rings. The SMILES string of the molecule is CC(C)(C)OC(N)=O.CCC(=O)OC(C)Cc1ccc(F)cc1.Oc1ccc(F)cc1. The molecule has 0 saturated heterocycles. The number of aromatic hydroxyl groups is 1. The molecule has 2 aromatic carbocycles. The normalized spacial score (nSPS) is 11.1. The van der Waals surface area contributed by atoms with E-state index in [4.69, 9.17) is 15.6 Å². The van der Waals surface area contributed by atoms with Crippen LogP contribution in [0.25, 0.3) is 0 Å². The molecular weight excluding hydrogens is 408 g/mol. The summed E-state index contributed by atoms with van der Waals surface area (Å²) in [7, 11) is 0. The van der Waals surface area contributed by atoms with Gasteiger partial charge in [0.05, 0.1) is 0 Å². The van der Waals surface area contributed by atoms with E-state index in [2.05, 4.69) is 4.74 Å². The highest BCUT2D eigenvalue weighted by atomic mass is 19.1. The first kappa shape index (κ1) is 27.8. The number of nitrogens with two attached hydrogens (primary N) is 1. The Morgan fingerprint density at radius 2 is 1.45 bits per heavy atom. The highest BCUT2D eigenvalue weighted by Gasteiger charge is 2.12. The van der Waals surface area contributed by atoms with Gasteiger partial charge < -0.3 is 20.3 Å². The fraction of sp³-hybridized carbons (Fsp3) is 0.391. The Labute approximate surface area is 182 Å². The second-order valence-electron chi connectivity index (χ2n) is 7.49. The number of primary amides is 1. The number of esters is 1. The van der Waals surface area contributed by atoms with Crippen LogP contribution in [0.3, 0.4) is 0 Å². The second kappa shape index (κ2) is 14.0. The van der Waals surface area contributed by atoms with Gasteiger partial charge >= 0.3 is 12.1 Å². The summed E-state index contributed by atoms with van der Waals surface area (Å²) in [6, 6.07) is 11.2. The first-order valence-electron chi connectivity index (χ1n) is 9.69. The molecule has 1 atom stereocenters. The molecule has 1 amide bonds. The van der Waals surface area contributed by atoms with Gasteiger partial charge in [-0.15, -0.1) is 0 Å². The van der Waals surface area contributed by atoms with Crippen LogP contribution in [-0.2, 0) is 20.7 Å². The van der Waals surface area contributed by atoms with Crippen molar-refractivity contribution >= 4 is 12.1 Å². The van der Waals surface area contributed by atoms with Crippen LogP contribution < -0.4 is 5.73 Å². The number of phenols is 1. The number of halogens is 2. The second-order valence-corrected chi connectivity index (χ2v) is 7.49. The van der Waals surface area contributed by atoms with Gasteiger partial charge in [0.25, 0.3) is 0 Å². The lowest BCUT2D eigenvalue weighted by molar-refractivity contribution is -0.147. The van der Waals surface area contributed by atoms with Gasteiger partial charge in [-0.2, -0.15) is 0 Å². The molecule has 1 unspecified atom stereocenters. The minimum Gasteiger partial charge on any atom is -0.508 e. The van der Waals surface area contributed by atoms with E-state index in [0.29, 0.717) is 12.8 Å². The van der Waals surface area contributed by atoms with E-state index in [-0.39, 0.29) is 29.5 Å². The maximum Gasteiger partial charge on any atom is 0.405 e. The molecule has 8 heteroatoms. The van der Waals surface area contributed by atoms with E-state index in [0.717, 1.165) is 5.56 Å². The molecule has 31 heavy (non-hydrogen) atoms. The van der Waals surface area contributed by atoms with Gasteiger partial charge in [0, 0.05) is 12.8 Å². The molecular formula is C23H31F2NO5.